The van der Waals surface area contributed by atoms with Crippen molar-refractivity contribution in [2.75, 3.05) is 52.9 Å². The molecule has 3 aromatic heterocycles. The van der Waals surface area contributed by atoms with Crippen molar-refractivity contribution < 1.29 is 4.79 Å². The van der Waals surface area contributed by atoms with Crippen LogP contribution in [0.15, 0.2) is 31.0 Å². The molecule has 2 aliphatic rings. The van der Waals surface area contributed by atoms with Crippen molar-refractivity contribution in [3.63, 3.8) is 0 Å². The van der Waals surface area contributed by atoms with Crippen LogP contribution in [-0.4, -0.2) is 98.2 Å². The number of aromatic amines is 1. The number of nitrogens with one attached hydrogen (secondary N) is 1. The van der Waals surface area contributed by atoms with Crippen LogP contribution < -0.4 is 0 Å². The summed E-state index contributed by atoms with van der Waals surface area (Å²) in [5, 5.41) is 5.61. The number of aromatic nitrogens is 5. The van der Waals surface area contributed by atoms with E-state index in [9.17, 15) is 4.79 Å². The molecule has 0 saturated carbocycles. The lowest BCUT2D eigenvalue weighted by molar-refractivity contribution is -0.134. The molecule has 3 aromatic rings. The van der Waals surface area contributed by atoms with Gasteiger partial charge in [-0.2, -0.15) is 5.10 Å². The number of H-pyrrole nitrogens is 1. The maximum Gasteiger partial charge on any atom is 0.236 e. The molecule has 1 amide bonds. The molecule has 2 aliphatic heterocycles. The molecule has 0 spiro atoms. The highest BCUT2D eigenvalue weighted by Crippen LogP contribution is 2.27. The molecular formula is C21H28N8O. The average Bonchev–Trinajstić information content (AvgIpc) is 3.45. The number of piperazine rings is 1. The first-order chi connectivity index (χ1) is 14.7. The Bertz CT molecular complexity index is 1010. The van der Waals surface area contributed by atoms with E-state index in [4.69, 9.17) is 0 Å². The van der Waals surface area contributed by atoms with Crippen molar-refractivity contribution >= 4 is 16.9 Å². The van der Waals surface area contributed by atoms with Gasteiger partial charge in [-0.1, -0.05) is 0 Å². The maximum atomic E-state index is 12.7. The summed E-state index contributed by atoms with van der Waals surface area (Å²) in [4.78, 5) is 31.2. The SMILES string of the molecule is CN1CCN(CC(=O)N2CCC(n3cc(-c4ncnc5[nH]ccc45)cn3)CC2)CC1. The number of likely N-dealkylation sites (N-methyl/N-ethyl adjacent to an activating group) is 1. The summed E-state index contributed by atoms with van der Waals surface area (Å²) in [5.74, 6) is 0.259. The van der Waals surface area contributed by atoms with Gasteiger partial charge < -0.3 is 14.8 Å². The van der Waals surface area contributed by atoms with E-state index in [1.54, 1.807) is 6.33 Å². The molecule has 0 bridgehead atoms. The van der Waals surface area contributed by atoms with E-state index in [1.165, 1.54) is 0 Å². The Morgan fingerprint density at radius 2 is 1.93 bits per heavy atom. The lowest BCUT2D eigenvalue weighted by atomic mass is 10.1. The molecule has 2 fully saturated rings. The minimum absolute atomic E-state index is 0.259. The summed E-state index contributed by atoms with van der Waals surface area (Å²) in [5.41, 5.74) is 2.72. The molecule has 0 atom stereocenters. The van der Waals surface area contributed by atoms with Crippen molar-refractivity contribution in [1.29, 1.82) is 0 Å². The Labute approximate surface area is 175 Å². The molecule has 0 radical (unpaired) electrons. The van der Waals surface area contributed by atoms with Gasteiger partial charge in [-0.25, -0.2) is 9.97 Å². The second kappa shape index (κ2) is 8.16. The van der Waals surface area contributed by atoms with E-state index in [0.29, 0.717) is 12.6 Å². The van der Waals surface area contributed by atoms with Gasteiger partial charge in [0.05, 0.1) is 24.5 Å². The fourth-order valence-electron chi connectivity index (χ4n) is 4.44. The zero-order valence-corrected chi connectivity index (χ0v) is 17.4. The van der Waals surface area contributed by atoms with Gasteiger partial charge in [0.1, 0.15) is 12.0 Å². The molecule has 9 nitrogen and oxygen atoms in total. The third kappa shape index (κ3) is 3.82. The van der Waals surface area contributed by atoms with Gasteiger partial charge in [0.2, 0.25) is 5.91 Å². The Morgan fingerprint density at radius 1 is 1.13 bits per heavy atom. The minimum Gasteiger partial charge on any atom is -0.346 e. The van der Waals surface area contributed by atoms with E-state index in [-0.39, 0.29) is 5.91 Å². The maximum absolute atomic E-state index is 12.7. The molecule has 158 valence electrons. The Kier molecular flexibility index (Phi) is 5.22. The predicted molar refractivity (Wildman–Crippen MR) is 114 cm³/mol. The van der Waals surface area contributed by atoms with Crippen molar-refractivity contribution in [1.82, 2.24) is 39.4 Å². The Balaban J connectivity index is 1.19. The highest BCUT2D eigenvalue weighted by molar-refractivity contribution is 5.90. The first-order valence-electron chi connectivity index (χ1n) is 10.7. The summed E-state index contributed by atoms with van der Waals surface area (Å²) in [6.45, 7) is 6.17. The van der Waals surface area contributed by atoms with Crippen molar-refractivity contribution in [2.45, 2.75) is 18.9 Å². The molecule has 5 heterocycles. The fraction of sp³-hybridized carbons (Fsp3) is 0.524. The van der Waals surface area contributed by atoms with Crippen molar-refractivity contribution in [3.05, 3.63) is 31.0 Å². The normalized spacial score (nSPS) is 19.6. The standard InChI is InChI=1S/C21H28N8O/c1-26-8-10-27(11-9-26)14-19(30)28-6-3-17(4-7-28)29-13-16(12-25-29)20-18-2-5-22-21(18)24-15-23-20/h2,5,12-13,15,17H,3-4,6-11,14H2,1H3,(H,22,23,24). The summed E-state index contributed by atoms with van der Waals surface area (Å²) < 4.78 is 2.04. The third-order valence-corrected chi connectivity index (χ3v) is 6.37. The number of nitrogens with zero attached hydrogens (tertiary/aromatic N) is 7. The van der Waals surface area contributed by atoms with Crippen LogP contribution >= 0.6 is 0 Å². The van der Waals surface area contributed by atoms with Crippen LogP contribution in [0.1, 0.15) is 18.9 Å². The molecule has 5 rings (SSSR count). The van der Waals surface area contributed by atoms with Crippen LogP contribution in [-0.2, 0) is 4.79 Å². The Hall–Kier alpha value is -2.78. The van der Waals surface area contributed by atoms with Crippen LogP contribution in [0.5, 0.6) is 0 Å². The number of piperidine rings is 1. The largest absolute Gasteiger partial charge is 0.346 e. The van der Waals surface area contributed by atoms with Gasteiger partial charge in [0.15, 0.2) is 0 Å². The van der Waals surface area contributed by atoms with Gasteiger partial charge in [-0.15, -0.1) is 0 Å². The number of rotatable bonds is 4. The molecule has 9 heteroatoms. The van der Waals surface area contributed by atoms with Crippen molar-refractivity contribution in [2.24, 2.45) is 0 Å². The number of fused-ring (bicyclic) bond motifs is 1. The zero-order valence-electron chi connectivity index (χ0n) is 17.4. The number of amides is 1. The highest BCUT2D eigenvalue weighted by Gasteiger charge is 2.26. The number of likely N-dealkylation sites (tertiary alicyclic amines) is 1. The molecule has 0 unspecified atom stereocenters. The third-order valence-electron chi connectivity index (χ3n) is 6.37. The second-order valence-corrected chi connectivity index (χ2v) is 8.36. The minimum atomic E-state index is 0.259. The van der Waals surface area contributed by atoms with Gasteiger partial charge >= 0.3 is 0 Å². The molecule has 2 saturated heterocycles. The van der Waals surface area contributed by atoms with E-state index in [0.717, 1.165) is 74.4 Å². The van der Waals surface area contributed by atoms with E-state index >= 15 is 0 Å². The van der Waals surface area contributed by atoms with Gasteiger partial charge in [-0.05, 0) is 26.0 Å². The first kappa shape index (κ1) is 19.2. The second-order valence-electron chi connectivity index (χ2n) is 8.36. The van der Waals surface area contributed by atoms with Crippen LogP contribution in [0, 0.1) is 0 Å². The number of carbonyl (C=O) groups is 1. The number of carbonyl (C=O) groups excluding carboxylic acids is 1. The van der Waals surface area contributed by atoms with Gasteiger partial charge in [0.25, 0.3) is 0 Å². The summed E-state index contributed by atoms with van der Waals surface area (Å²) in [6.07, 6.45) is 9.26. The van der Waals surface area contributed by atoms with Crippen LogP contribution in [0.3, 0.4) is 0 Å². The molecule has 0 aromatic carbocycles. The molecule has 1 N–H and O–H groups in total. The fourth-order valence-corrected chi connectivity index (χ4v) is 4.44. The van der Waals surface area contributed by atoms with Crippen LogP contribution in [0.2, 0.25) is 0 Å². The van der Waals surface area contributed by atoms with Gasteiger partial charge in [-0.3, -0.25) is 14.4 Å². The van der Waals surface area contributed by atoms with Gasteiger partial charge in [0, 0.05) is 62.6 Å². The predicted octanol–water partition coefficient (Wildman–Crippen LogP) is 1.23. The van der Waals surface area contributed by atoms with Crippen molar-refractivity contribution in [3.8, 4) is 11.3 Å². The average molecular weight is 409 g/mol. The van der Waals surface area contributed by atoms with E-state index in [2.05, 4.69) is 43.1 Å². The van der Waals surface area contributed by atoms with E-state index in [1.807, 2.05) is 28.0 Å². The number of hydrogen-bond donors (Lipinski definition) is 1. The van der Waals surface area contributed by atoms with Crippen LogP contribution in [0.4, 0.5) is 0 Å². The van der Waals surface area contributed by atoms with Crippen LogP contribution in [0.25, 0.3) is 22.3 Å². The zero-order chi connectivity index (χ0) is 20.5. The van der Waals surface area contributed by atoms with E-state index < -0.39 is 0 Å². The summed E-state index contributed by atoms with van der Waals surface area (Å²) >= 11 is 0. The molecule has 30 heavy (non-hydrogen) atoms. The Morgan fingerprint density at radius 3 is 2.73 bits per heavy atom. The molecule has 0 aliphatic carbocycles. The highest BCUT2D eigenvalue weighted by atomic mass is 16.2. The quantitative estimate of drug-likeness (QED) is 0.699. The molecular weight excluding hydrogens is 380 g/mol. The first-order valence-corrected chi connectivity index (χ1v) is 10.7. The number of hydrogen-bond acceptors (Lipinski definition) is 6. The summed E-state index contributed by atoms with van der Waals surface area (Å²) in [7, 11) is 2.14. The topological polar surface area (TPSA) is 86.2 Å². The smallest absolute Gasteiger partial charge is 0.236 e. The lowest BCUT2D eigenvalue weighted by Gasteiger charge is -2.36. The summed E-state index contributed by atoms with van der Waals surface area (Å²) in [6, 6.07) is 2.31. The lowest BCUT2D eigenvalue weighted by Crippen LogP contribution is -2.50. The monoisotopic (exact) mass is 408 g/mol.